The van der Waals surface area contributed by atoms with Gasteiger partial charge in [0.2, 0.25) is 5.91 Å². The minimum Gasteiger partial charge on any atom is -0.355 e. The smallest absolute Gasteiger partial charge is 0.220 e. The summed E-state index contributed by atoms with van der Waals surface area (Å²) in [4.78, 5) is 13.9. The number of likely N-dealkylation sites (N-methyl/N-ethyl adjacent to an activating group) is 1. The zero-order valence-corrected chi connectivity index (χ0v) is 12.5. The van der Waals surface area contributed by atoms with Gasteiger partial charge in [-0.3, -0.25) is 4.79 Å². The fourth-order valence-corrected chi connectivity index (χ4v) is 2.38. The first-order valence-corrected chi connectivity index (χ1v) is 7.02. The molecule has 108 valence electrons. The van der Waals surface area contributed by atoms with Crippen molar-refractivity contribution in [3.05, 3.63) is 36.0 Å². The van der Waals surface area contributed by atoms with Crippen molar-refractivity contribution in [1.82, 2.24) is 14.8 Å². The molecule has 1 N–H and O–H groups in total. The number of para-hydroxylation sites is 1. The van der Waals surface area contributed by atoms with Crippen LogP contribution in [-0.2, 0) is 18.3 Å². The Morgan fingerprint density at radius 2 is 2.05 bits per heavy atom. The lowest BCUT2D eigenvalue weighted by atomic mass is 10.1. The minimum absolute atomic E-state index is 0.125. The Labute approximate surface area is 120 Å². The molecule has 4 heteroatoms. The summed E-state index contributed by atoms with van der Waals surface area (Å²) in [6.07, 6.45) is 3.45. The Morgan fingerprint density at radius 1 is 1.30 bits per heavy atom. The molecule has 0 aliphatic carbocycles. The summed E-state index contributed by atoms with van der Waals surface area (Å²) >= 11 is 0. The number of hydrogen-bond donors (Lipinski definition) is 1. The van der Waals surface area contributed by atoms with Gasteiger partial charge in [-0.1, -0.05) is 18.2 Å². The monoisotopic (exact) mass is 273 g/mol. The van der Waals surface area contributed by atoms with Crippen LogP contribution in [0, 0.1) is 0 Å². The largest absolute Gasteiger partial charge is 0.355 e. The zero-order chi connectivity index (χ0) is 14.5. The van der Waals surface area contributed by atoms with Gasteiger partial charge < -0.3 is 14.8 Å². The average molecular weight is 273 g/mol. The number of carbonyl (C=O) groups is 1. The predicted molar refractivity (Wildman–Crippen MR) is 82.8 cm³/mol. The number of aromatic nitrogens is 1. The van der Waals surface area contributed by atoms with E-state index in [1.807, 2.05) is 33.3 Å². The molecule has 1 heterocycles. The van der Waals surface area contributed by atoms with E-state index in [0.717, 1.165) is 13.0 Å². The van der Waals surface area contributed by atoms with Crippen LogP contribution >= 0.6 is 0 Å². The molecule has 20 heavy (non-hydrogen) atoms. The van der Waals surface area contributed by atoms with Crippen LogP contribution < -0.4 is 5.32 Å². The van der Waals surface area contributed by atoms with Crippen LogP contribution in [0.25, 0.3) is 10.9 Å². The number of nitrogens with one attached hydrogen (secondary N) is 1. The first kappa shape index (κ1) is 14.6. The highest BCUT2D eigenvalue weighted by Crippen LogP contribution is 2.21. The predicted octanol–water partition coefficient (Wildman–Crippen LogP) is 1.79. The summed E-state index contributed by atoms with van der Waals surface area (Å²) in [6, 6.07) is 8.31. The van der Waals surface area contributed by atoms with E-state index in [1.54, 1.807) is 0 Å². The van der Waals surface area contributed by atoms with Crippen LogP contribution in [-0.4, -0.2) is 42.6 Å². The fourth-order valence-electron chi connectivity index (χ4n) is 2.38. The molecule has 0 aliphatic heterocycles. The lowest BCUT2D eigenvalue weighted by molar-refractivity contribution is -0.121. The summed E-state index contributed by atoms with van der Waals surface area (Å²) in [5.74, 6) is 0.125. The number of fused-ring (bicyclic) bond motifs is 1. The molecule has 0 saturated carbocycles. The third-order valence-corrected chi connectivity index (χ3v) is 3.48. The van der Waals surface area contributed by atoms with Crippen molar-refractivity contribution in [2.75, 3.05) is 27.2 Å². The lowest BCUT2D eigenvalue weighted by Gasteiger charge is -2.10. The molecule has 0 fully saturated rings. The van der Waals surface area contributed by atoms with Gasteiger partial charge in [0.1, 0.15) is 0 Å². The van der Waals surface area contributed by atoms with Gasteiger partial charge in [0.25, 0.3) is 0 Å². The van der Waals surface area contributed by atoms with Crippen molar-refractivity contribution in [2.24, 2.45) is 7.05 Å². The first-order valence-electron chi connectivity index (χ1n) is 7.02. The standard InChI is InChI=1S/C16H23N3O/c1-18(2)11-10-17-16(20)9-8-13-12-19(3)15-7-5-4-6-14(13)15/h4-7,12H,8-11H2,1-3H3,(H,17,20). The average Bonchev–Trinajstić information content (AvgIpc) is 2.73. The fraction of sp³-hybridized carbons (Fsp3) is 0.438. The number of aryl methyl sites for hydroxylation is 2. The lowest BCUT2D eigenvalue weighted by Crippen LogP contribution is -2.31. The van der Waals surface area contributed by atoms with Crippen LogP contribution in [0.2, 0.25) is 0 Å². The van der Waals surface area contributed by atoms with E-state index in [-0.39, 0.29) is 5.91 Å². The minimum atomic E-state index is 0.125. The third kappa shape index (κ3) is 3.61. The SMILES string of the molecule is CN(C)CCNC(=O)CCc1cn(C)c2ccccc12. The molecule has 0 unspecified atom stereocenters. The number of nitrogens with zero attached hydrogens (tertiary/aromatic N) is 2. The van der Waals surface area contributed by atoms with Gasteiger partial charge >= 0.3 is 0 Å². The van der Waals surface area contributed by atoms with Gasteiger partial charge in [0.05, 0.1) is 0 Å². The van der Waals surface area contributed by atoms with Crippen LogP contribution in [0.5, 0.6) is 0 Å². The zero-order valence-electron chi connectivity index (χ0n) is 12.5. The van der Waals surface area contributed by atoms with Crippen molar-refractivity contribution in [1.29, 1.82) is 0 Å². The Kier molecular flexibility index (Phi) is 4.79. The highest BCUT2D eigenvalue weighted by molar-refractivity contribution is 5.84. The third-order valence-electron chi connectivity index (χ3n) is 3.48. The molecule has 1 amide bonds. The number of benzene rings is 1. The van der Waals surface area contributed by atoms with Crippen molar-refractivity contribution in [3.8, 4) is 0 Å². The van der Waals surface area contributed by atoms with Gasteiger partial charge in [-0.15, -0.1) is 0 Å². The molecule has 0 bridgehead atoms. The molecule has 2 rings (SSSR count). The molecular weight excluding hydrogens is 250 g/mol. The summed E-state index contributed by atoms with van der Waals surface area (Å²) in [6.45, 7) is 1.58. The van der Waals surface area contributed by atoms with E-state index in [2.05, 4.69) is 33.1 Å². The van der Waals surface area contributed by atoms with E-state index in [1.165, 1.54) is 16.5 Å². The van der Waals surface area contributed by atoms with Crippen molar-refractivity contribution < 1.29 is 4.79 Å². The Balaban J connectivity index is 1.91. The molecule has 4 nitrogen and oxygen atoms in total. The van der Waals surface area contributed by atoms with Crippen LogP contribution in [0.4, 0.5) is 0 Å². The number of carbonyl (C=O) groups excluding carboxylic acids is 1. The molecule has 0 spiro atoms. The van der Waals surface area contributed by atoms with E-state index in [4.69, 9.17) is 0 Å². The van der Waals surface area contributed by atoms with Crippen molar-refractivity contribution >= 4 is 16.8 Å². The Hall–Kier alpha value is -1.81. The number of amides is 1. The molecule has 0 saturated heterocycles. The van der Waals surface area contributed by atoms with Gasteiger partial charge in [-0.05, 0) is 32.1 Å². The topological polar surface area (TPSA) is 37.3 Å². The van der Waals surface area contributed by atoms with Gasteiger partial charge in [-0.2, -0.15) is 0 Å². The van der Waals surface area contributed by atoms with Crippen molar-refractivity contribution in [2.45, 2.75) is 12.8 Å². The number of hydrogen-bond acceptors (Lipinski definition) is 2. The Morgan fingerprint density at radius 3 is 2.80 bits per heavy atom. The van der Waals surface area contributed by atoms with E-state index in [9.17, 15) is 4.79 Å². The van der Waals surface area contributed by atoms with Gasteiger partial charge in [0.15, 0.2) is 0 Å². The second-order valence-electron chi connectivity index (χ2n) is 5.44. The van der Waals surface area contributed by atoms with Crippen LogP contribution in [0.15, 0.2) is 30.5 Å². The molecule has 0 aliphatic rings. The van der Waals surface area contributed by atoms with E-state index >= 15 is 0 Å². The van der Waals surface area contributed by atoms with Crippen molar-refractivity contribution in [3.63, 3.8) is 0 Å². The maximum Gasteiger partial charge on any atom is 0.220 e. The van der Waals surface area contributed by atoms with Gasteiger partial charge in [0, 0.05) is 43.7 Å². The molecule has 0 radical (unpaired) electrons. The quantitative estimate of drug-likeness (QED) is 0.871. The molecule has 1 aromatic carbocycles. The second-order valence-corrected chi connectivity index (χ2v) is 5.44. The molecule has 1 aromatic heterocycles. The second kappa shape index (κ2) is 6.57. The van der Waals surface area contributed by atoms with E-state index in [0.29, 0.717) is 13.0 Å². The molecular formula is C16H23N3O. The number of rotatable bonds is 6. The molecule has 2 aromatic rings. The van der Waals surface area contributed by atoms with Crippen LogP contribution in [0.3, 0.4) is 0 Å². The summed E-state index contributed by atoms with van der Waals surface area (Å²) in [7, 11) is 6.05. The normalized spacial score (nSPS) is 11.2. The maximum atomic E-state index is 11.8. The maximum absolute atomic E-state index is 11.8. The van der Waals surface area contributed by atoms with Gasteiger partial charge in [-0.25, -0.2) is 0 Å². The highest BCUT2D eigenvalue weighted by atomic mass is 16.1. The van der Waals surface area contributed by atoms with Crippen LogP contribution in [0.1, 0.15) is 12.0 Å². The summed E-state index contributed by atoms with van der Waals surface area (Å²) in [5.41, 5.74) is 2.46. The highest BCUT2D eigenvalue weighted by Gasteiger charge is 2.08. The van der Waals surface area contributed by atoms with E-state index < -0.39 is 0 Å². The first-order chi connectivity index (χ1) is 9.58. The summed E-state index contributed by atoms with van der Waals surface area (Å²) in [5, 5.41) is 4.20. The Bertz CT molecular complexity index is 586. The summed E-state index contributed by atoms with van der Waals surface area (Å²) < 4.78 is 2.12. The molecule has 0 atom stereocenters.